The largest absolute Gasteiger partial charge is 0.496 e. The molecule has 1 aliphatic rings. The van der Waals surface area contributed by atoms with E-state index in [4.69, 9.17) is 4.74 Å². The van der Waals surface area contributed by atoms with E-state index >= 15 is 0 Å². The van der Waals surface area contributed by atoms with E-state index in [1.165, 1.54) is 15.8 Å². The second kappa shape index (κ2) is 6.79. The lowest BCUT2D eigenvalue weighted by Gasteiger charge is -2.19. The van der Waals surface area contributed by atoms with Crippen molar-refractivity contribution in [2.75, 3.05) is 7.11 Å². The number of aryl methyl sites for hydroxylation is 2. The molecule has 3 aromatic rings. The number of benzene rings is 1. The lowest BCUT2D eigenvalue weighted by Crippen LogP contribution is -2.28. The van der Waals surface area contributed by atoms with E-state index in [2.05, 4.69) is 40.2 Å². The van der Waals surface area contributed by atoms with Gasteiger partial charge in [0.25, 0.3) is 11.5 Å². The zero-order valence-electron chi connectivity index (χ0n) is 15.6. The SMILES string of the molecule is COc1cc(C2=Cc3cnn(-c4ncccn4)c(=O)c3CC2)c(C)cc1C. The molecule has 0 aliphatic heterocycles. The van der Waals surface area contributed by atoms with Crippen LogP contribution in [0.2, 0.25) is 0 Å². The maximum absolute atomic E-state index is 12.8. The van der Waals surface area contributed by atoms with Crippen LogP contribution in [0.4, 0.5) is 0 Å². The van der Waals surface area contributed by atoms with E-state index in [0.717, 1.165) is 34.4 Å². The minimum absolute atomic E-state index is 0.160. The fourth-order valence-electron chi connectivity index (χ4n) is 3.55. The van der Waals surface area contributed by atoms with Gasteiger partial charge in [-0.2, -0.15) is 9.78 Å². The summed E-state index contributed by atoms with van der Waals surface area (Å²) in [5, 5.41) is 4.27. The Morgan fingerprint density at radius 3 is 2.59 bits per heavy atom. The van der Waals surface area contributed by atoms with Gasteiger partial charge >= 0.3 is 0 Å². The normalized spacial score (nSPS) is 13.1. The molecule has 0 spiro atoms. The van der Waals surface area contributed by atoms with Gasteiger partial charge in [0.2, 0.25) is 0 Å². The molecule has 0 saturated carbocycles. The Bertz CT molecular complexity index is 1100. The lowest BCUT2D eigenvalue weighted by molar-refractivity contribution is 0.411. The van der Waals surface area contributed by atoms with Crippen molar-refractivity contribution in [1.29, 1.82) is 0 Å². The topological polar surface area (TPSA) is 69.9 Å². The van der Waals surface area contributed by atoms with E-state index in [9.17, 15) is 4.79 Å². The summed E-state index contributed by atoms with van der Waals surface area (Å²) < 4.78 is 6.74. The maximum Gasteiger partial charge on any atom is 0.278 e. The van der Waals surface area contributed by atoms with Gasteiger partial charge in [0.1, 0.15) is 5.75 Å². The van der Waals surface area contributed by atoms with Crippen molar-refractivity contribution in [3.63, 3.8) is 0 Å². The van der Waals surface area contributed by atoms with Gasteiger partial charge in [-0.15, -0.1) is 0 Å². The Kier molecular flexibility index (Phi) is 4.32. The van der Waals surface area contributed by atoms with Gasteiger partial charge in [-0.1, -0.05) is 6.07 Å². The molecule has 136 valence electrons. The molecule has 4 rings (SSSR count). The highest BCUT2D eigenvalue weighted by Crippen LogP contribution is 2.34. The van der Waals surface area contributed by atoms with Gasteiger partial charge in [0.05, 0.1) is 13.3 Å². The molecule has 0 amide bonds. The zero-order chi connectivity index (χ0) is 19.0. The van der Waals surface area contributed by atoms with Crippen molar-refractivity contribution in [2.45, 2.75) is 26.7 Å². The van der Waals surface area contributed by atoms with Crippen LogP contribution in [0.3, 0.4) is 0 Å². The number of hydrogen-bond acceptors (Lipinski definition) is 5. The summed E-state index contributed by atoms with van der Waals surface area (Å²) in [6.07, 6.45) is 8.41. The molecule has 6 heteroatoms. The van der Waals surface area contributed by atoms with Crippen LogP contribution in [0.5, 0.6) is 5.75 Å². The van der Waals surface area contributed by atoms with Crippen molar-refractivity contribution in [1.82, 2.24) is 19.7 Å². The molecule has 0 fully saturated rings. The van der Waals surface area contributed by atoms with Crippen LogP contribution in [-0.2, 0) is 6.42 Å². The first-order valence-corrected chi connectivity index (χ1v) is 8.83. The Labute approximate surface area is 157 Å². The van der Waals surface area contributed by atoms with E-state index < -0.39 is 0 Å². The molecule has 0 unspecified atom stereocenters. The van der Waals surface area contributed by atoms with E-state index in [-0.39, 0.29) is 5.56 Å². The van der Waals surface area contributed by atoms with E-state index in [1.54, 1.807) is 31.8 Å². The zero-order valence-corrected chi connectivity index (χ0v) is 15.6. The highest BCUT2D eigenvalue weighted by atomic mass is 16.5. The summed E-state index contributed by atoms with van der Waals surface area (Å²) in [7, 11) is 1.68. The molecular formula is C21H20N4O2. The Balaban J connectivity index is 1.79. The third kappa shape index (κ3) is 3.03. The van der Waals surface area contributed by atoms with Crippen LogP contribution in [-0.4, -0.2) is 26.9 Å². The minimum Gasteiger partial charge on any atom is -0.496 e. The highest BCUT2D eigenvalue weighted by molar-refractivity contribution is 5.85. The summed E-state index contributed by atoms with van der Waals surface area (Å²) in [4.78, 5) is 21.1. The lowest BCUT2D eigenvalue weighted by atomic mass is 9.87. The van der Waals surface area contributed by atoms with Crippen LogP contribution in [0.25, 0.3) is 17.6 Å². The van der Waals surface area contributed by atoms with Gasteiger partial charge in [-0.25, -0.2) is 9.97 Å². The van der Waals surface area contributed by atoms with Gasteiger partial charge in [-0.3, -0.25) is 4.79 Å². The standard InChI is InChI=1S/C21H20N4O2/c1-13-9-14(2)19(27-3)11-18(13)15-5-6-17-16(10-15)12-24-25(20(17)26)21-22-7-4-8-23-21/h4,7-12H,5-6H2,1-3H3. The Morgan fingerprint density at radius 2 is 1.85 bits per heavy atom. The minimum atomic E-state index is -0.160. The summed E-state index contributed by atoms with van der Waals surface area (Å²) in [5.74, 6) is 1.16. The number of nitrogens with zero attached hydrogens (tertiary/aromatic N) is 4. The molecule has 27 heavy (non-hydrogen) atoms. The van der Waals surface area contributed by atoms with Gasteiger partial charge in [0.15, 0.2) is 0 Å². The fraction of sp³-hybridized carbons (Fsp3) is 0.238. The van der Waals surface area contributed by atoms with Gasteiger partial charge < -0.3 is 4.74 Å². The fourth-order valence-corrected chi connectivity index (χ4v) is 3.55. The van der Waals surface area contributed by atoms with Crippen molar-refractivity contribution in [3.8, 4) is 11.7 Å². The first-order valence-electron chi connectivity index (χ1n) is 8.83. The van der Waals surface area contributed by atoms with E-state index in [0.29, 0.717) is 12.4 Å². The molecule has 0 atom stereocenters. The molecular weight excluding hydrogens is 340 g/mol. The number of methoxy groups -OCH3 is 1. The first kappa shape index (κ1) is 17.1. The predicted octanol–water partition coefficient (Wildman–Crippen LogP) is 3.13. The average molecular weight is 360 g/mol. The number of aromatic nitrogens is 4. The molecule has 0 bridgehead atoms. The summed E-state index contributed by atoms with van der Waals surface area (Å²) in [6, 6.07) is 5.92. The van der Waals surface area contributed by atoms with Crippen molar-refractivity contribution in [3.05, 3.63) is 75.0 Å². The number of rotatable bonds is 3. The predicted molar refractivity (Wildman–Crippen MR) is 104 cm³/mol. The monoisotopic (exact) mass is 360 g/mol. The molecule has 2 heterocycles. The molecule has 6 nitrogen and oxygen atoms in total. The molecule has 0 radical (unpaired) electrons. The second-order valence-corrected chi connectivity index (χ2v) is 6.65. The Morgan fingerprint density at radius 1 is 1.07 bits per heavy atom. The third-order valence-corrected chi connectivity index (χ3v) is 4.91. The van der Waals surface area contributed by atoms with Crippen molar-refractivity contribution < 1.29 is 4.74 Å². The molecule has 1 aromatic carbocycles. The third-order valence-electron chi connectivity index (χ3n) is 4.91. The molecule has 0 N–H and O–H groups in total. The smallest absolute Gasteiger partial charge is 0.278 e. The quantitative estimate of drug-likeness (QED) is 0.718. The number of allylic oxidation sites excluding steroid dienone is 1. The number of ether oxygens (including phenoxy) is 1. The first-order chi connectivity index (χ1) is 13.1. The van der Waals surface area contributed by atoms with Crippen molar-refractivity contribution >= 4 is 11.6 Å². The molecule has 1 aliphatic carbocycles. The van der Waals surface area contributed by atoms with Crippen LogP contribution in [0.15, 0.2) is 41.6 Å². The van der Waals surface area contributed by atoms with Crippen LogP contribution in [0.1, 0.15) is 34.2 Å². The van der Waals surface area contributed by atoms with E-state index in [1.807, 2.05) is 6.92 Å². The van der Waals surface area contributed by atoms with Crippen LogP contribution < -0.4 is 10.3 Å². The Hall–Kier alpha value is -3.28. The van der Waals surface area contributed by atoms with Gasteiger partial charge in [0, 0.05) is 23.5 Å². The maximum atomic E-state index is 12.8. The molecule has 0 saturated heterocycles. The average Bonchev–Trinajstić information content (AvgIpc) is 2.69. The summed E-state index contributed by atoms with van der Waals surface area (Å²) >= 11 is 0. The summed E-state index contributed by atoms with van der Waals surface area (Å²) in [5.41, 5.74) is 6.09. The number of fused-ring (bicyclic) bond motifs is 1. The van der Waals surface area contributed by atoms with Crippen LogP contribution in [0, 0.1) is 13.8 Å². The van der Waals surface area contributed by atoms with Crippen LogP contribution >= 0.6 is 0 Å². The highest BCUT2D eigenvalue weighted by Gasteiger charge is 2.19. The molecule has 2 aromatic heterocycles. The van der Waals surface area contributed by atoms with Crippen molar-refractivity contribution in [2.24, 2.45) is 0 Å². The second-order valence-electron chi connectivity index (χ2n) is 6.65. The number of hydrogen-bond donors (Lipinski definition) is 0. The van der Waals surface area contributed by atoms with Gasteiger partial charge in [-0.05, 0) is 67.2 Å². The summed E-state index contributed by atoms with van der Waals surface area (Å²) in [6.45, 7) is 4.14.